The van der Waals surface area contributed by atoms with E-state index in [4.69, 9.17) is 4.74 Å². The third-order valence-electron chi connectivity index (χ3n) is 5.76. The molecule has 0 saturated carbocycles. The molecule has 0 aliphatic carbocycles. The lowest BCUT2D eigenvalue weighted by molar-refractivity contribution is -0.147. The monoisotopic (exact) mass is 511 g/mol. The first kappa shape index (κ1) is 29.8. The number of hydrogen-bond donors (Lipinski definition) is 3. The van der Waals surface area contributed by atoms with Crippen molar-refractivity contribution >= 4 is 23.6 Å². The summed E-state index contributed by atoms with van der Waals surface area (Å²) < 4.78 is 5.29. The smallest absolute Gasteiger partial charge is 0.408 e. The number of benzene rings is 2. The van der Waals surface area contributed by atoms with Gasteiger partial charge in [-0.15, -0.1) is 0 Å². The van der Waals surface area contributed by atoms with Gasteiger partial charge in [-0.25, -0.2) is 4.79 Å². The zero-order chi connectivity index (χ0) is 28.1. The normalized spacial score (nSPS) is 13.4. The third-order valence-corrected chi connectivity index (χ3v) is 5.76. The van der Waals surface area contributed by atoms with Crippen molar-refractivity contribution in [1.82, 2.24) is 10.2 Å². The van der Waals surface area contributed by atoms with Gasteiger partial charge in [-0.2, -0.15) is 0 Å². The highest BCUT2D eigenvalue weighted by atomic mass is 16.6. The second-order valence-corrected chi connectivity index (χ2v) is 11.3. The number of aryl methyl sites for hydroxylation is 3. The van der Waals surface area contributed by atoms with E-state index in [2.05, 4.69) is 10.6 Å². The number of aliphatic hydroxyl groups excluding tert-OH is 1. The summed E-state index contributed by atoms with van der Waals surface area (Å²) in [6.07, 6.45) is -0.832. The second-order valence-electron chi connectivity index (χ2n) is 11.3. The van der Waals surface area contributed by atoms with Gasteiger partial charge in [0.1, 0.15) is 17.7 Å². The number of anilines is 1. The summed E-state index contributed by atoms with van der Waals surface area (Å²) in [5, 5.41) is 15.5. The number of hydrogen-bond acceptors (Lipinski definition) is 5. The molecule has 3 N–H and O–H groups in total. The van der Waals surface area contributed by atoms with Crippen LogP contribution in [-0.2, 0) is 14.3 Å². The molecule has 0 aromatic heterocycles. The van der Waals surface area contributed by atoms with Gasteiger partial charge < -0.3 is 25.4 Å². The van der Waals surface area contributed by atoms with Crippen molar-refractivity contribution in [3.05, 3.63) is 64.7 Å². The maximum atomic E-state index is 14.0. The number of ether oxygens (including phenoxy) is 1. The molecule has 0 saturated heterocycles. The van der Waals surface area contributed by atoms with Crippen molar-refractivity contribution in [1.29, 1.82) is 0 Å². The topological polar surface area (TPSA) is 108 Å². The lowest BCUT2D eigenvalue weighted by Crippen LogP contribution is -2.59. The minimum atomic E-state index is -1.31. The predicted octanol–water partition coefficient (Wildman–Crippen LogP) is 4.80. The Kier molecular flexibility index (Phi) is 9.49. The minimum absolute atomic E-state index is 0.404. The molecule has 8 nitrogen and oxygen atoms in total. The molecule has 8 heteroatoms. The van der Waals surface area contributed by atoms with Gasteiger partial charge in [-0.3, -0.25) is 9.59 Å². The van der Waals surface area contributed by atoms with Crippen LogP contribution in [0.5, 0.6) is 0 Å². The van der Waals surface area contributed by atoms with E-state index in [0.29, 0.717) is 11.3 Å². The Balaban J connectivity index is 2.59. The fourth-order valence-electron chi connectivity index (χ4n) is 4.09. The largest absolute Gasteiger partial charge is 0.444 e. The number of rotatable bonds is 7. The quantitative estimate of drug-likeness (QED) is 0.495. The first-order chi connectivity index (χ1) is 17.0. The van der Waals surface area contributed by atoms with Gasteiger partial charge in [-0.1, -0.05) is 42.0 Å². The van der Waals surface area contributed by atoms with Crippen LogP contribution in [0.3, 0.4) is 0 Å². The van der Waals surface area contributed by atoms with Gasteiger partial charge in [-0.05, 0) is 85.1 Å². The van der Waals surface area contributed by atoms with Gasteiger partial charge in [0, 0.05) is 11.2 Å². The average Bonchev–Trinajstić information content (AvgIpc) is 2.75. The number of nitrogens with one attached hydrogen (secondary N) is 2. The number of para-hydroxylation sites is 1. The molecule has 2 unspecified atom stereocenters. The summed E-state index contributed by atoms with van der Waals surface area (Å²) >= 11 is 0. The number of carbonyl (C=O) groups excluding carboxylic acids is 3. The van der Waals surface area contributed by atoms with Crippen LogP contribution < -0.4 is 10.6 Å². The van der Waals surface area contributed by atoms with Crippen LogP contribution in [0, 0.1) is 20.8 Å². The van der Waals surface area contributed by atoms with E-state index in [9.17, 15) is 19.5 Å². The van der Waals surface area contributed by atoms with Crippen molar-refractivity contribution < 1.29 is 24.2 Å². The summed E-state index contributed by atoms with van der Waals surface area (Å²) in [6.45, 7) is 15.6. The molecule has 0 aliphatic heterocycles. The summed E-state index contributed by atoms with van der Waals surface area (Å²) in [4.78, 5) is 41.8. The molecule has 2 aromatic rings. The molecule has 3 amide bonds. The molecule has 0 aliphatic rings. The van der Waals surface area contributed by atoms with E-state index in [1.165, 1.54) is 4.90 Å². The Labute approximate surface area is 220 Å². The van der Waals surface area contributed by atoms with Crippen molar-refractivity contribution in [2.75, 3.05) is 11.9 Å². The summed E-state index contributed by atoms with van der Waals surface area (Å²) in [6, 6.07) is 10.7. The number of nitrogens with zero attached hydrogens (tertiary/aromatic N) is 1. The van der Waals surface area contributed by atoms with Crippen molar-refractivity contribution in [2.45, 2.75) is 85.5 Å². The average molecular weight is 512 g/mol. The number of aliphatic hydroxyl groups is 1. The van der Waals surface area contributed by atoms with E-state index in [1.807, 2.05) is 77.9 Å². The first-order valence-electron chi connectivity index (χ1n) is 12.4. The Morgan fingerprint density at radius 1 is 0.946 bits per heavy atom. The molecular formula is C29H41N3O5. The van der Waals surface area contributed by atoms with Crippen LogP contribution in [-0.4, -0.2) is 51.7 Å². The maximum Gasteiger partial charge on any atom is 0.408 e. The molecule has 0 heterocycles. The van der Waals surface area contributed by atoms with Crippen LogP contribution in [0.15, 0.2) is 42.5 Å². The lowest BCUT2D eigenvalue weighted by Gasteiger charge is -2.43. The van der Waals surface area contributed by atoms with Crippen molar-refractivity contribution in [3.8, 4) is 0 Å². The van der Waals surface area contributed by atoms with E-state index in [1.54, 1.807) is 26.8 Å². The Bertz CT molecular complexity index is 1130. The molecule has 2 aromatic carbocycles. The van der Waals surface area contributed by atoms with Crippen LogP contribution >= 0.6 is 0 Å². The van der Waals surface area contributed by atoms with E-state index in [0.717, 1.165) is 16.7 Å². The Hall–Kier alpha value is -3.39. The van der Waals surface area contributed by atoms with Crippen LogP contribution in [0.25, 0.3) is 0 Å². The van der Waals surface area contributed by atoms with Crippen molar-refractivity contribution in [3.63, 3.8) is 0 Å². The highest BCUT2D eigenvalue weighted by Gasteiger charge is 2.42. The molecule has 0 bridgehead atoms. The van der Waals surface area contributed by atoms with Gasteiger partial charge in [0.2, 0.25) is 5.91 Å². The molecule has 0 radical (unpaired) electrons. The van der Waals surface area contributed by atoms with Crippen molar-refractivity contribution in [2.24, 2.45) is 0 Å². The van der Waals surface area contributed by atoms with Crippen LogP contribution in [0.1, 0.15) is 69.8 Å². The molecule has 2 atom stereocenters. The second kappa shape index (κ2) is 11.8. The predicted molar refractivity (Wildman–Crippen MR) is 145 cm³/mol. The fourth-order valence-corrected chi connectivity index (χ4v) is 4.09. The highest BCUT2D eigenvalue weighted by molar-refractivity contribution is 5.99. The first-order valence-corrected chi connectivity index (χ1v) is 12.4. The van der Waals surface area contributed by atoms with E-state index >= 15 is 0 Å². The molecule has 2 rings (SSSR count). The lowest BCUT2D eigenvalue weighted by atomic mass is 9.92. The molecule has 0 fully saturated rings. The Morgan fingerprint density at radius 2 is 1.57 bits per heavy atom. The van der Waals surface area contributed by atoms with Crippen LogP contribution in [0.4, 0.5) is 10.5 Å². The van der Waals surface area contributed by atoms with Gasteiger partial charge in [0.25, 0.3) is 5.91 Å². The zero-order valence-corrected chi connectivity index (χ0v) is 23.4. The SMILES string of the molecule is Cc1ccc(C(C(=O)Nc2ccccc2C)N(C(=O)C(CO)NC(=O)OC(C)(C)C)C(C)(C)C)c(C)c1. The minimum Gasteiger partial charge on any atom is -0.444 e. The van der Waals surface area contributed by atoms with E-state index in [-0.39, 0.29) is 0 Å². The molecule has 0 spiro atoms. The van der Waals surface area contributed by atoms with Gasteiger partial charge in [0.15, 0.2) is 0 Å². The fraction of sp³-hybridized carbons (Fsp3) is 0.483. The summed E-state index contributed by atoms with van der Waals surface area (Å²) in [7, 11) is 0. The Morgan fingerprint density at radius 3 is 2.08 bits per heavy atom. The summed E-state index contributed by atoms with van der Waals surface area (Å²) in [5.41, 5.74) is 2.38. The van der Waals surface area contributed by atoms with Gasteiger partial charge in [0.05, 0.1) is 6.61 Å². The molecule has 37 heavy (non-hydrogen) atoms. The molecular weight excluding hydrogens is 470 g/mol. The standard InChI is InChI=1S/C29H41N3O5/c1-18-14-15-21(20(3)16-18)24(25(34)30-22-13-11-10-12-19(22)2)32(28(4,5)6)26(35)23(17-33)31-27(36)37-29(7,8)9/h10-16,23-24,33H,17H2,1-9H3,(H,30,34)(H,31,36). The highest BCUT2D eigenvalue weighted by Crippen LogP contribution is 2.33. The number of carbonyl (C=O) groups is 3. The van der Waals surface area contributed by atoms with Gasteiger partial charge >= 0.3 is 6.09 Å². The number of amides is 3. The molecule has 202 valence electrons. The zero-order valence-electron chi connectivity index (χ0n) is 23.4. The summed E-state index contributed by atoms with van der Waals surface area (Å²) in [5.74, 6) is -1.01. The number of alkyl carbamates (subject to hydrolysis) is 1. The third kappa shape index (κ3) is 8.05. The van der Waals surface area contributed by atoms with E-state index < -0.39 is 47.7 Å². The van der Waals surface area contributed by atoms with Crippen LogP contribution in [0.2, 0.25) is 0 Å². The maximum absolute atomic E-state index is 14.0.